The van der Waals surface area contributed by atoms with Gasteiger partial charge in [0, 0.05) is 63.4 Å². The van der Waals surface area contributed by atoms with Crippen LogP contribution >= 0.6 is 0 Å². The second-order valence-corrected chi connectivity index (χ2v) is 7.86. The van der Waals surface area contributed by atoms with E-state index in [2.05, 4.69) is 15.1 Å². The maximum atomic E-state index is 12.5. The minimum atomic E-state index is 0.0663. The Balaban J connectivity index is 1.21. The van der Waals surface area contributed by atoms with E-state index in [1.54, 1.807) is 12.4 Å². The van der Waals surface area contributed by atoms with Crippen LogP contribution in [0, 0.1) is 5.92 Å². The lowest BCUT2D eigenvalue weighted by molar-refractivity contribution is -0.140. The van der Waals surface area contributed by atoms with Gasteiger partial charge in [-0.25, -0.2) is 0 Å². The molecule has 8 heteroatoms. The Morgan fingerprint density at radius 1 is 1.00 bits per heavy atom. The summed E-state index contributed by atoms with van der Waals surface area (Å²) in [4.78, 5) is 37.1. The molecule has 0 bridgehead atoms. The molecule has 29 heavy (non-hydrogen) atoms. The molecule has 2 aliphatic rings. The topological polar surface area (TPSA) is 92.4 Å². The van der Waals surface area contributed by atoms with Crippen LogP contribution in [0.25, 0.3) is 11.4 Å². The summed E-state index contributed by atoms with van der Waals surface area (Å²) < 4.78 is 5.26. The second kappa shape index (κ2) is 9.15. The number of rotatable bonds is 6. The molecule has 2 fully saturated rings. The molecule has 2 amide bonds. The maximum Gasteiger partial charge on any atom is 0.227 e. The van der Waals surface area contributed by atoms with Crippen LogP contribution in [0.3, 0.4) is 0 Å². The van der Waals surface area contributed by atoms with Gasteiger partial charge in [-0.2, -0.15) is 4.98 Å². The van der Waals surface area contributed by atoms with E-state index in [0.29, 0.717) is 63.1 Å². The fraction of sp³-hybridized carbons (Fsp3) is 0.571. The van der Waals surface area contributed by atoms with Crippen molar-refractivity contribution in [3.8, 4) is 11.4 Å². The van der Waals surface area contributed by atoms with Crippen molar-refractivity contribution in [2.45, 2.75) is 44.9 Å². The van der Waals surface area contributed by atoms with Gasteiger partial charge in [-0.3, -0.25) is 14.6 Å². The second-order valence-electron chi connectivity index (χ2n) is 7.86. The zero-order valence-corrected chi connectivity index (χ0v) is 16.6. The highest BCUT2D eigenvalue weighted by Gasteiger charge is 2.26. The van der Waals surface area contributed by atoms with Crippen LogP contribution in [0.15, 0.2) is 29.0 Å². The molecule has 1 saturated heterocycles. The highest BCUT2D eigenvalue weighted by atomic mass is 16.5. The fourth-order valence-electron chi connectivity index (χ4n) is 4.14. The highest BCUT2D eigenvalue weighted by molar-refractivity contribution is 5.78. The average Bonchev–Trinajstić information content (AvgIpc) is 3.45. The first-order valence-corrected chi connectivity index (χ1v) is 10.5. The molecule has 0 radical (unpaired) electrons. The van der Waals surface area contributed by atoms with Crippen molar-refractivity contribution >= 4 is 11.8 Å². The summed E-state index contributed by atoms with van der Waals surface area (Å²) in [6, 6.07) is 3.63. The lowest BCUT2D eigenvalue weighted by Crippen LogP contribution is -2.50. The Kier molecular flexibility index (Phi) is 6.17. The molecule has 1 aliphatic heterocycles. The summed E-state index contributed by atoms with van der Waals surface area (Å²) in [6.07, 6.45) is 9.64. The number of hydrogen-bond acceptors (Lipinski definition) is 6. The van der Waals surface area contributed by atoms with E-state index in [-0.39, 0.29) is 11.8 Å². The van der Waals surface area contributed by atoms with Crippen LogP contribution < -0.4 is 0 Å². The summed E-state index contributed by atoms with van der Waals surface area (Å²) >= 11 is 0. The van der Waals surface area contributed by atoms with E-state index in [1.165, 1.54) is 25.7 Å². The van der Waals surface area contributed by atoms with Gasteiger partial charge in [-0.1, -0.05) is 18.0 Å². The number of carbonyl (C=O) groups is 2. The average molecular weight is 397 g/mol. The zero-order chi connectivity index (χ0) is 20.1. The molecule has 4 rings (SSSR count). The molecule has 0 aromatic carbocycles. The number of aromatic nitrogens is 3. The molecule has 0 N–H and O–H groups in total. The molecule has 0 unspecified atom stereocenters. The summed E-state index contributed by atoms with van der Waals surface area (Å²) in [7, 11) is 0. The maximum absolute atomic E-state index is 12.5. The predicted octanol–water partition coefficient (Wildman–Crippen LogP) is 2.32. The van der Waals surface area contributed by atoms with Crippen molar-refractivity contribution in [2.24, 2.45) is 5.92 Å². The van der Waals surface area contributed by atoms with Crippen LogP contribution in [0.1, 0.15) is 44.4 Å². The molecule has 154 valence electrons. The van der Waals surface area contributed by atoms with Crippen molar-refractivity contribution in [2.75, 3.05) is 26.2 Å². The lowest BCUT2D eigenvalue weighted by Gasteiger charge is -2.35. The van der Waals surface area contributed by atoms with Gasteiger partial charge in [0.15, 0.2) is 0 Å². The van der Waals surface area contributed by atoms with Crippen molar-refractivity contribution in [1.29, 1.82) is 0 Å². The van der Waals surface area contributed by atoms with Crippen LogP contribution in [0.4, 0.5) is 0 Å². The van der Waals surface area contributed by atoms with E-state index in [9.17, 15) is 9.59 Å². The van der Waals surface area contributed by atoms with Gasteiger partial charge >= 0.3 is 0 Å². The monoisotopic (exact) mass is 397 g/mol. The Morgan fingerprint density at radius 3 is 2.34 bits per heavy atom. The van der Waals surface area contributed by atoms with E-state index in [1.807, 2.05) is 21.9 Å². The smallest absolute Gasteiger partial charge is 0.227 e. The van der Waals surface area contributed by atoms with Gasteiger partial charge in [0.1, 0.15) is 0 Å². The quantitative estimate of drug-likeness (QED) is 0.743. The standard InChI is InChI=1S/C21H27N5O3/c27-19(6-5-18-23-21(24-29-18)17-7-9-22-10-8-17)25-11-13-26(14-12-25)20(28)15-16-3-1-2-4-16/h7-10,16H,1-6,11-15H2. The van der Waals surface area contributed by atoms with Crippen LogP contribution in [-0.4, -0.2) is 62.9 Å². The van der Waals surface area contributed by atoms with Gasteiger partial charge in [0.2, 0.25) is 23.5 Å². The van der Waals surface area contributed by atoms with Gasteiger partial charge in [-0.15, -0.1) is 0 Å². The molecule has 2 aromatic rings. The summed E-state index contributed by atoms with van der Waals surface area (Å²) in [5.41, 5.74) is 0.833. The lowest BCUT2D eigenvalue weighted by atomic mass is 10.0. The van der Waals surface area contributed by atoms with Crippen molar-refractivity contribution in [1.82, 2.24) is 24.9 Å². The molecule has 1 saturated carbocycles. The predicted molar refractivity (Wildman–Crippen MR) is 106 cm³/mol. The minimum Gasteiger partial charge on any atom is -0.339 e. The first-order chi connectivity index (χ1) is 14.2. The Hall–Kier alpha value is -2.77. The summed E-state index contributed by atoms with van der Waals surface area (Å²) in [5.74, 6) is 1.84. The number of hydrogen-bond donors (Lipinski definition) is 0. The zero-order valence-electron chi connectivity index (χ0n) is 16.6. The van der Waals surface area contributed by atoms with Crippen LogP contribution in [0.5, 0.6) is 0 Å². The Labute approximate surface area is 170 Å². The van der Waals surface area contributed by atoms with E-state index >= 15 is 0 Å². The summed E-state index contributed by atoms with van der Waals surface area (Å²) in [5, 5.41) is 3.97. The van der Waals surface area contributed by atoms with Crippen molar-refractivity contribution < 1.29 is 14.1 Å². The largest absolute Gasteiger partial charge is 0.339 e. The number of pyridine rings is 1. The van der Waals surface area contributed by atoms with Crippen LogP contribution in [-0.2, 0) is 16.0 Å². The summed E-state index contributed by atoms with van der Waals surface area (Å²) in [6.45, 7) is 2.46. The van der Waals surface area contributed by atoms with E-state index in [0.717, 1.165) is 5.56 Å². The van der Waals surface area contributed by atoms with E-state index < -0.39 is 0 Å². The molecule has 0 spiro atoms. The fourth-order valence-corrected chi connectivity index (χ4v) is 4.14. The van der Waals surface area contributed by atoms with Crippen LogP contribution in [0.2, 0.25) is 0 Å². The molecule has 0 atom stereocenters. The molecular formula is C21H27N5O3. The SMILES string of the molecule is O=C(CCc1nc(-c2ccncc2)no1)N1CCN(C(=O)CC2CCCC2)CC1. The first-order valence-electron chi connectivity index (χ1n) is 10.5. The molecular weight excluding hydrogens is 370 g/mol. The number of nitrogens with zero attached hydrogens (tertiary/aromatic N) is 5. The van der Waals surface area contributed by atoms with Gasteiger partial charge in [0.05, 0.1) is 0 Å². The number of piperazine rings is 1. The Bertz CT molecular complexity index is 824. The minimum absolute atomic E-state index is 0.0663. The third-order valence-corrected chi connectivity index (χ3v) is 5.88. The Morgan fingerprint density at radius 2 is 1.66 bits per heavy atom. The third-order valence-electron chi connectivity index (χ3n) is 5.88. The van der Waals surface area contributed by atoms with Gasteiger partial charge in [0.25, 0.3) is 0 Å². The number of amides is 2. The normalized spacial score (nSPS) is 17.7. The molecule has 8 nitrogen and oxygen atoms in total. The van der Waals surface area contributed by atoms with Crippen molar-refractivity contribution in [3.63, 3.8) is 0 Å². The van der Waals surface area contributed by atoms with E-state index in [4.69, 9.17) is 4.52 Å². The molecule has 2 aromatic heterocycles. The third kappa shape index (κ3) is 4.99. The number of carbonyl (C=O) groups excluding carboxylic acids is 2. The highest BCUT2D eigenvalue weighted by Crippen LogP contribution is 2.28. The van der Waals surface area contributed by atoms with Gasteiger partial charge < -0.3 is 14.3 Å². The molecule has 1 aliphatic carbocycles. The molecule has 3 heterocycles. The van der Waals surface area contributed by atoms with Gasteiger partial charge in [-0.05, 0) is 30.9 Å². The van der Waals surface area contributed by atoms with Crippen molar-refractivity contribution in [3.05, 3.63) is 30.4 Å². The number of aryl methyl sites for hydroxylation is 1. The first kappa shape index (κ1) is 19.5.